The summed E-state index contributed by atoms with van der Waals surface area (Å²) in [7, 11) is -3.17. The molecule has 0 aliphatic rings. The monoisotopic (exact) mass is 305 g/mol. The van der Waals surface area contributed by atoms with E-state index in [4.69, 9.17) is 4.74 Å². The Morgan fingerprint density at radius 3 is 2.24 bits per heavy atom. The third-order valence-electron chi connectivity index (χ3n) is 2.91. The molecule has 0 fully saturated rings. The highest BCUT2D eigenvalue weighted by Crippen LogP contribution is 2.09. The molecule has 0 aromatic heterocycles. The Hall–Kier alpha value is -1.69. The van der Waals surface area contributed by atoms with Gasteiger partial charge in [0, 0.05) is 6.54 Å². The molecule has 0 saturated heterocycles. The Balaban J connectivity index is 1.86. The first kappa shape index (κ1) is 15.7. The van der Waals surface area contributed by atoms with Gasteiger partial charge in [-0.25, -0.2) is 13.1 Å². The van der Waals surface area contributed by atoms with E-state index < -0.39 is 10.0 Å². The van der Waals surface area contributed by atoms with E-state index in [1.165, 1.54) is 0 Å². The van der Waals surface area contributed by atoms with Crippen molar-refractivity contribution in [1.29, 1.82) is 0 Å². The molecule has 0 unspecified atom stereocenters. The van der Waals surface area contributed by atoms with Crippen molar-refractivity contribution in [3.63, 3.8) is 0 Å². The third-order valence-corrected chi connectivity index (χ3v) is 3.58. The van der Waals surface area contributed by atoms with Crippen LogP contribution < -0.4 is 4.72 Å². The van der Waals surface area contributed by atoms with E-state index in [1.807, 2.05) is 54.6 Å². The normalized spacial score (nSPS) is 11.5. The minimum absolute atomic E-state index is 0.297. The molecule has 2 aromatic carbocycles. The van der Waals surface area contributed by atoms with Gasteiger partial charge in [0.15, 0.2) is 0 Å². The van der Waals surface area contributed by atoms with E-state index in [9.17, 15) is 8.42 Å². The molecule has 0 radical (unpaired) electrons. The zero-order chi connectivity index (χ0) is 15.1. The highest BCUT2D eigenvalue weighted by molar-refractivity contribution is 7.88. The average molecular weight is 305 g/mol. The molecule has 0 atom stereocenters. The maximum Gasteiger partial charge on any atom is 0.209 e. The van der Waals surface area contributed by atoms with Crippen molar-refractivity contribution >= 4 is 10.0 Å². The van der Waals surface area contributed by atoms with Crippen LogP contribution in [0, 0.1) is 0 Å². The minimum Gasteiger partial charge on any atom is -0.372 e. The first-order chi connectivity index (χ1) is 10.0. The number of ether oxygens (including phenoxy) is 1. The standard InChI is InChI=1S/C16H19NO3S/c1-21(18,19)17-11-15-8-5-9-16(10-15)13-20-12-14-6-3-2-4-7-14/h2-10,17H,11-13H2,1H3. The van der Waals surface area contributed by atoms with Crippen LogP contribution in [0.15, 0.2) is 54.6 Å². The van der Waals surface area contributed by atoms with Gasteiger partial charge in [0.25, 0.3) is 0 Å². The van der Waals surface area contributed by atoms with Gasteiger partial charge in [0.1, 0.15) is 0 Å². The lowest BCUT2D eigenvalue weighted by Gasteiger charge is -2.07. The SMILES string of the molecule is CS(=O)(=O)NCc1cccc(COCc2ccccc2)c1. The molecule has 21 heavy (non-hydrogen) atoms. The highest BCUT2D eigenvalue weighted by atomic mass is 32.2. The van der Waals surface area contributed by atoms with Crippen LogP contribution >= 0.6 is 0 Å². The molecule has 0 saturated carbocycles. The van der Waals surface area contributed by atoms with Gasteiger partial charge in [-0.05, 0) is 16.7 Å². The summed E-state index contributed by atoms with van der Waals surface area (Å²) in [6.07, 6.45) is 1.15. The summed E-state index contributed by atoms with van der Waals surface area (Å²) in [4.78, 5) is 0. The highest BCUT2D eigenvalue weighted by Gasteiger charge is 2.02. The summed E-state index contributed by atoms with van der Waals surface area (Å²) >= 11 is 0. The van der Waals surface area contributed by atoms with Crippen LogP contribution in [0.5, 0.6) is 0 Å². The van der Waals surface area contributed by atoms with Gasteiger partial charge in [-0.1, -0.05) is 54.6 Å². The van der Waals surface area contributed by atoms with E-state index >= 15 is 0 Å². The molecule has 0 bridgehead atoms. The first-order valence-corrected chi connectivity index (χ1v) is 8.56. The molecule has 0 aliphatic carbocycles. The number of hydrogen-bond acceptors (Lipinski definition) is 3. The maximum atomic E-state index is 11.1. The Morgan fingerprint density at radius 1 is 0.905 bits per heavy atom. The number of benzene rings is 2. The molecule has 0 heterocycles. The van der Waals surface area contributed by atoms with Crippen molar-refractivity contribution in [2.45, 2.75) is 19.8 Å². The fourth-order valence-electron chi connectivity index (χ4n) is 1.90. The largest absolute Gasteiger partial charge is 0.372 e. The fourth-order valence-corrected chi connectivity index (χ4v) is 2.33. The number of hydrogen-bond donors (Lipinski definition) is 1. The number of sulfonamides is 1. The van der Waals surface area contributed by atoms with Crippen LogP contribution in [0.25, 0.3) is 0 Å². The van der Waals surface area contributed by atoms with Gasteiger partial charge >= 0.3 is 0 Å². The van der Waals surface area contributed by atoms with Crippen molar-refractivity contribution < 1.29 is 13.2 Å². The molecule has 2 aromatic rings. The summed E-state index contributed by atoms with van der Waals surface area (Å²) in [6.45, 7) is 1.36. The number of rotatable bonds is 7. The Kier molecular flexibility index (Phi) is 5.50. The zero-order valence-corrected chi connectivity index (χ0v) is 12.8. The van der Waals surface area contributed by atoms with Gasteiger partial charge in [0.05, 0.1) is 19.5 Å². The first-order valence-electron chi connectivity index (χ1n) is 6.67. The Bertz CT molecular complexity index is 669. The second kappa shape index (κ2) is 7.36. The van der Waals surface area contributed by atoms with Gasteiger partial charge in [-0.2, -0.15) is 0 Å². The van der Waals surface area contributed by atoms with Crippen molar-refractivity contribution in [3.05, 3.63) is 71.3 Å². The van der Waals surface area contributed by atoms with E-state index in [-0.39, 0.29) is 0 Å². The van der Waals surface area contributed by atoms with Gasteiger partial charge in [-0.3, -0.25) is 0 Å². The van der Waals surface area contributed by atoms with Crippen LogP contribution in [-0.4, -0.2) is 14.7 Å². The molecule has 0 spiro atoms. The predicted octanol–water partition coefficient (Wildman–Crippen LogP) is 2.45. The molecule has 5 heteroatoms. The lowest BCUT2D eigenvalue weighted by molar-refractivity contribution is 0.107. The Morgan fingerprint density at radius 2 is 1.52 bits per heavy atom. The number of nitrogens with one attached hydrogen (secondary N) is 1. The van der Waals surface area contributed by atoms with Crippen LogP contribution in [-0.2, 0) is 34.5 Å². The van der Waals surface area contributed by atoms with Crippen LogP contribution in [0.2, 0.25) is 0 Å². The van der Waals surface area contributed by atoms with Crippen molar-refractivity contribution in [1.82, 2.24) is 4.72 Å². The summed E-state index contributed by atoms with van der Waals surface area (Å²) in [6, 6.07) is 17.7. The summed E-state index contributed by atoms with van der Waals surface area (Å²) in [5, 5.41) is 0. The molecular formula is C16H19NO3S. The van der Waals surface area contributed by atoms with Crippen molar-refractivity contribution in [2.75, 3.05) is 6.26 Å². The van der Waals surface area contributed by atoms with Crippen molar-refractivity contribution in [3.8, 4) is 0 Å². The average Bonchev–Trinajstić information content (AvgIpc) is 2.46. The third kappa shape index (κ3) is 6.08. The van der Waals surface area contributed by atoms with Gasteiger partial charge < -0.3 is 4.74 Å². The van der Waals surface area contributed by atoms with Crippen LogP contribution in [0.1, 0.15) is 16.7 Å². The predicted molar refractivity (Wildman–Crippen MR) is 83.1 cm³/mol. The van der Waals surface area contributed by atoms with E-state index in [0.717, 1.165) is 22.9 Å². The van der Waals surface area contributed by atoms with Crippen LogP contribution in [0.3, 0.4) is 0 Å². The second-order valence-electron chi connectivity index (χ2n) is 4.89. The van der Waals surface area contributed by atoms with Crippen LogP contribution in [0.4, 0.5) is 0 Å². The quantitative estimate of drug-likeness (QED) is 0.855. The Labute approximate surface area is 125 Å². The smallest absolute Gasteiger partial charge is 0.209 e. The molecule has 2 rings (SSSR count). The molecule has 4 nitrogen and oxygen atoms in total. The zero-order valence-electron chi connectivity index (χ0n) is 12.0. The summed E-state index contributed by atoms with van der Waals surface area (Å²) < 4.78 is 30.3. The summed E-state index contributed by atoms with van der Waals surface area (Å²) in [5.41, 5.74) is 3.08. The second-order valence-corrected chi connectivity index (χ2v) is 6.72. The molecular weight excluding hydrogens is 286 g/mol. The molecule has 0 aliphatic heterocycles. The molecule has 1 N–H and O–H groups in total. The molecule has 112 valence electrons. The van der Waals surface area contributed by atoms with Gasteiger partial charge in [0.2, 0.25) is 10.0 Å². The van der Waals surface area contributed by atoms with E-state index in [2.05, 4.69) is 4.72 Å². The molecule has 0 amide bonds. The maximum absolute atomic E-state index is 11.1. The van der Waals surface area contributed by atoms with Crippen molar-refractivity contribution in [2.24, 2.45) is 0 Å². The topological polar surface area (TPSA) is 55.4 Å². The lowest BCUT2D eigenvalue weighted by atomic mass is 10.1. The minimum atomic E-state index is -3.17. The van der Waals surface area contributed by atoms with E-state index in [1.54, 1.807) is 0 Å². The van der Waals surface area contributed by atoms with E-state index in [0.29, 0.717) is 19.8 Å². The van der Waals surface area contributed by atoms with Gasteiger partial charge in [-0.15, -0.1) is 0 Å². The summed E-state index contributed by atoms with van der Waals surface area (Å²) in [5.74, 6) is 0. The fraction of sp³-hybridized carbons (Fsp3) is 0.250. The lowest BCUT2D eigenvalue weighted by Crippen LogP contribution is -2.21.